The van der Waals surface area contributed by atoms with E-state index < -0.39 is 0 Å². The maximum atomic E-state index is 2.23. The minimum absolute atomic E-state index is 0. The molecule has 3 heteroatoms. The first-order chi connectivity index (χ1) is 7.77. The predicted octanol–water partition coefficient (Wildman–Crippen LogP) is -2.52. The van der Waals surface area contributed by atoms with Crippen molar-refractivity contribution in [1.29, 1.82) is 0 Å². The van der Waals surface area contributed by atoms with Crippen molar-refractivity contribution in [3.63, 3.8) is 0 Å². The number of halogens is 2. The summed E-state index contributed by atoms with van der Waals surface area (Å²) in [7, 11) is 0. The molecule has 0 saturated heterocycles. The smallest absolute Gasteiger partial charge is 1.00 e. The second-order valence-corrected chi connectivity index (χ2v) is 5.37. The van der Waals surface area contributed by atoms with Crippen LogP contribution in [-0.2, 0) is 24.7 Å². The second kappa shape index (κ2) is 6.19. The van der Waals surface area contributed by atoms with E-state index in [9.17, 15) is 0 Å². The topological polar surface area (TPSA) is 0 Å². The van der Waals surface area contributed by atoms with Gasteiger partial charge in [-0.3, -0.25) is 0 Å². The van der Waals surface area contributed by atoms with Gasteiger partial charge in [-0.15, -0.1) is 0 Å². The van der Waals surface area contributed by atoms with Crippen molar-refractivity contribution < 1.29 is 49.5 Å². The molecule has 0 N–H and O–H groups in total. The summed E-state index contributed by atoms with van der Waals surface area (Å²) in [5, 5.41) is 5.52. The Hall–Kier alpha value is -0.357. The largest absolute Gasteiger partial charge is 1.00 e. The van der Waals surface area contributed by atoms with Crippen LogP contribution in [0.15, 0.2) is 48.5 Å². The molecule has 0 amide bonds. The first-order valence-corrected chi connectivity index (χ1v) is 6.63. The third-order valence-electron chi connectivity index (χ3n) is 3.12. The summed E-state index contributed by atoms with van der Waals surface area (Å²) in [4.78, 5) is 0. The van der Waals surface area contributed by atoms with Crippen LogP contribution in [0.3, 0.4) is 0 Å². The molecule has 0 bridgehead atoms. The third-order valence-corrected chi connectivity index (χ3v) is 4.70. The van der Waals surface area contributed by atoms with Gasteiger partial charge in [0, 0.05) is 0 Å². The normalized spacial score (nSPS) is 9.94. The summed E-state index contributed by atoms with van der Waals surface area (Å²) in [5.41, 5.74) is 1.40. The molecule has 0 aliphatic carbocycles. The van der Waals surface area contributed by atoms with Crippen LogP contribution in [-0.4, -0.2) is 0 Å². The Kier molecular flexibility index (Phi) is 5.40. The van der Waals surface area contributed by atoms with Gasteiger partial charge in [0.2, 0.25) is 0 Å². The summed E-state index contributed by atoms with van der Waals surface area (Å²) in [6.45, 7) is 2.20. The fourth-order valence-electron chi connectivity index (χ4n) is 2.20. The number of hydrogen-bond donors (Lipinski definition) is 0. The van der Waals surface area contributed by atoms with Gasteiger partial charge < -0.3 is 24.8 Å². The zero-order valence-corrected chi connectivity index (χ0v) is 13.8. The molecule has 18 heavy (non-hydrogen) atoms. The van der Waals surface area contributed by atoms with Crippen LogP contribution in [0.4, 0.5) is 0 Å². The van der Waals surface area contributed by atoms with Crippen molar-refractivity contribution >= 4 is 24.8 Å². The van der Waals surface area contributed by atoms with Crippen molar-refractivity contribution in [2.75, 3.05) is 0 Å². The number of fused-ring (bicyclic) bond motifs is 3. The number of rotatable bonds is 0. The van der Waals surface area contributed by atoms with Crippen LogP contribution < -0.4 is 28.1 Å². The maximum Gasteiger partial charge on any atom is -1.00 e. The fourth-order valence-corrected chi connectivity index (χ4v) is 3.09. The van der Waals surface area contributed by atoms with E-state index in [1.165, 1.54) is 55.1 Å². The van der Waals surface area contributed by atoms with Crippen molar-refractivity contribution in [1.82, 2.24) is 0 Å². The molecule has 0 aromatic heterocycles. The molecule has 0 heterocycles. The van der Waals surface area contributed by atoms with E-state index in [1.54, 1.807) is 0 Å². The zero-order valence-electron chi connectivity index (χ0n) is 9.87. The van der Waals surface area contributed by atoms with Crippen LogP contribution >= 0.6 is 0 Å². The van der Waals surface area contributed by atoms with E-state index in [2.05, 4.69) is 55.5 Å². The van der Waals surface area contributed by atoms with Crippen LogP contribution in [0.1, 0.15) is 5.56 Å². The van der Waals surface area contributed by atoms with Gasteiger partial charge >= 0.3 is 111 Å². The number of benzene rings is 3. The minimum Gasteiger partial charge on any atom is -1.00 e. The second-order valence-electron chi connectivity index (χ2n) is 4.14. The quantitative estimate of drug-likeness (QED) is 0.392. The molecule has 0 atom stereocenters. The Bertz CT molecular complexity index is 692. The molecule has 3 aromatic rings. The SMILES string of the molecule is Cc1ccc2ccc3ccccc3c2[c]1[Zr+2].[Cl-].[Cl-]. The summed E-state index contributed by atoms with van der Waals surface area (Å²) in [5.74, 6) is 0. The predicted molar refractivity (Wildman–Crippen MR) is 65.8 cm³/mol. The van der Waals surface area contributed by atoms with Gasteiger partial charge in [-0.1, -0.05) is 0 Å². The Morgan fingerprint density at radius 1 is 0.778 bits per heavy atom. The maximum absolute atomic E-state index is 2.23. The average molecular weight is 353 g/mol. The Balaban J connectivity index is 0.000000810. The Morgan fingerprint density at radius 2 is 1.39 bits per heavy atom. The van der Waals surface area contributed by atoms with Gasteiger partial charge in [0.05, 0.1) is 0 Å². The van der Waals surface area contributed by atoms with E-state index in [4.69, 9.17) is 0 Å². The van der Waals surface area contributed by atoms with E-state index in [-0.39, 0.29) is 24.8 Å². The first-order valence-electron chi connectivity index (χ1n) is 5.40. The molecule has 0 fully saturated rings. The van der Waals surface area contributed by atoms with Gasteiger partial charge in [0.15, 0.2) is 0 Å². The monoisotopic (exact) mass is 351 g/mol. The average Bonchev–Trinajstić information content (AvgIpc) is 2.33. The minimum atomic E-state index is 0. The molecule has 0 saturated carbocycles. The first kappa shape index (κ1) is 15.7. The molecule has 0 radical (unpaired) electrons. The van der Waals surface area contributed by atoms with Gasteiger partial charge in [0.1, 0.15) is 0 Å². The molecule has 3 rings (SSSR count). The molecule has 0 unspecified atom stereocenters. The molecule has 0 aliphatic heterocycles. The number of aryl methyl sites for hydroxylation is 1. The molecule has 3 aromatic carbocycles. The van der Waals surface area contributed by atoms with Crippen molar-refractivity contribution in [2.45, 2.75) is 6.92 Å². The molecule has 89 valence electrons. The van der Waals surface area contributed by atoms with Crippen molar-refractivity contribution in [3.8, 4) is 0 Å². The Labute approximate surface area is 134 Å². The molecule has 0 aliphatic rings. The van der Waals surface area contributed by atoms with E-state index in [0.29, 0.717) is 0 Å². The Morgan fingerprint density at radius 3 is 2.17 bits per heavy atom. The molecule has 0 nitrogen and oxygen atoms in total. The van der Waals surface area contributed by atoms with Crippen LogP contribution in [0.25, 0.3) is 21.5 Å². The standard InChI is InChI=1S/C15H11.2ClH.Zr/c1-11-6-7-13-9-8-12-4-2-3-5-14(12)15(13)10-11;;;/h2-9H,1H3;2*1H;/q;;;+2/p-2. The van der Waals surface area contributed by atoms with Gasteiger partial charge in [-0.25, -0.2) is 0 Å². The number of hydrogen-bond acceptors (Lipinski definition) is 0. The molecular weight excluding hydrogens is 342 g/mol. The van der Waals surface area contributed by atoms with E-state index in [0.717, 1.165) is 0 Å². The third kappa shape index (κ3) is 2.50. The summed E-state index contributed by atoms with van der Waals surface area (Å²) < 4.78 is 1.49. The molecular formula is C15H11Cl2Zr. The van der Waals surface area contributed by atoms with Gasteiger partial charge in [0.25, 0.3) is 0 Å². The van der Waals surface area contributed by atoms with Gasteiger partial charge in [-0.2, -0.15) is 0 Å². The van der Waals surface area contributed by atoms with Crippen LogP contribution in [0, 0.1) is 6.92 Å². The summed E-state index contributed by atoms with van der Waals surface area (Å²) >= 11 is 1.50. The summed E-state index contributed by atoms with van der Waals surface area (Å²) in [6.07, 6.45) is 0. The van der Waals surface area contributed by atoms with Crippen molar-refractivity contribution in [2.24, 2.45) is 0 Å². The zero-order chi connectivity index (χ0) is 11.1. The van der Waals surface area contributed by atoms with Crippen LogP contribution in [0.5, 0.6) is 0 Å². The van der Waals surface area contributed by atoms with Crippen molar-refractivity contribution in [3.05, 3.63) is 54.1 Å². The van der Waals surface area contributed by atoms with Crippen LogP contribution in [0.2, 0.25) is 0 Å². The van der Waals surface area contributed by atoms with Gasteiger partial charge in [-0.05, 0) is 0 Å². The van der Waals surface area contributed by atoms with E-state index in [1.807, 2.05) is 0 Å². The van der Waals surface area contributed by atoms with E-state index >= 15 is 0 Å². The summed E-state index contributed by atoms with van der Waals surface area (Å²) in [6, 6.07) is 17.5. The molecule has 0 spiro atoms. The fraction of sp³-hybridized carbons (Fsp3) is 0.0667.